The molecule has 0 aromatic heterocycles. The minimum Gasteiger partial charge on any atom is -0.448 e. The van der Waals surface area contributed by atoms with Gasteiger partial charge in [-0.05, 0) is 18.6 Å². The Hall–Kier alpha value is -0.420. The molecule has 0 atom stereocenters. The van der Waals surface area contributed by atoms with Gasteiger partial charge in [-0.15, -0.1) is 0 Å². The van der Waals surface area contributed by atoms with Crippen molar-refractivity contribution in [1.82, 2.24) is 4.90 Å². The van der Waals surface area contributed by atoms with E-state index >= 15 is 0 Å². The fourth-order valence-corrected chi connectivity index (χ4v) is 2.56. The van der Waals surface area contributed by atoms with E-state index in [-0.39, 0.29) is 11.5 Å². The van der Waals surface area contributed by atoms with Gasteiger partial charge in [0.2, 0.25) is 0 Å². The maximum Gasteiger partial charge on any atom is 0.409 e. The van der Waals surface area contributed by atoms with Crippen molar-refractivity contribution in [2.24, 2.45) is 5.41 Å². The van der Waals surface area contributed by atoms with E-state index in [0.717, 1.165) is 44.9 Å². The maximum atomic E-state index is 11.4. The quantitative estimate of drug-likeness (QED) is 0.741. The molecule has 4 nitrogen and oxygen atoms in total. The molecule has 0 spiro atoms. The smallest absolute Gasteiger partial charge is 0.409 e. The summed E-state index contributed by atoms with van der Waals surface area (Å²) in [5.74, 6) is 0.806. The highest BCUT2D eigenvalue weighted by Gasteiger charge is 2.36. The van der Waals surface area contributed by atoms with Gasteiger partial charge >= 0.3 is 6.09 Å². The Morgan fingerprint density at radius 2 is 2.07 bits per heavy atom. The summed E-state index contributed by atoms with van der Waals surface area (Å²) in [6, 6.07) is 0. The number of ether oxygens (including phenoxy) is 2. The van der Waals surface area contributed by atoms with Crippen molar-refractivity contribution in [1.29, 1.82) is 0 Å². The van der Waals surface area contributed by atoms with Crippen LogP contribution >= 0.6 is 12.6 Å². The van der Waals surface area contributed by atoms with Crippen LogP contribution in [0.3, 0.4) is 0 Å². The molecule has 2 aliphatic heterocycles. The van der Waals surface area contributed by atoms with Crippen molar-refractivity contribution in [3.63, 3.8) is 0 Å². The van der Waals surface area contributed by atoms with Gasteiger partial charge in [-0.1, -0.05) is 0 Å². The summed E-state index contributed by atoms with van der Waals surface area (Å²) in [5, 5.41) is 0. The molecule has 86 valence electrons. The van der Waals surface area contributed by atoms with Gasteiger partial charge in [0.25, 0.3) is 0 Å². The van der Waals surface area contributed by atoms with E-state index in [1.54, 1.807) is 4.90 Å². The molecule has 2 aliphatic rings. The van der Waals surface area contributed by atoms with Gasteiger partial charge < -0.3 is 14.4 Å². The number of rotatable bonds is 3. The lowest BCUT2D eigenvalue weighted by Crippen LogP contribution is -2.43. The number of thiol groups is 1. The molecular weight excluding hydrogens is 214 g/mol. The molecule has 2 saturated heterocycles. The third-order valence-electron chi connectivity index (χ3n) is 3.26. The monoisotopic (exact) mass is 231 g/mol. The second kappa shape index (κ2) is 4.61. The van der Waals surface area contributed by atoms with Gasteiger partial charge in [0.15, 0.2) is 0 Å². The van der Waals surface area contributed by atoms with Gasteiger partial charge in [-0.25, -0.2) is 4.79 Å². The van der Waals surface area contributed by atoms with Gasteiger partial charge in [-0.2, -0.15) is 12.6 Å². The number of hydrogen-bond donors (Lipinski definition) is 1. The summed E-state index contributed by atoms with van der Waals surface area (Å²) in [7, 11) is 0. The Balaban J connectivity index is 1.97. The summed E-state index contributed by atoms with van der Waals surface area (Å²) in [6.07, 6.45) is 1.79. The van der Waals surface area contributed by atoms with E-state index in [9.17, 15) is 4.79 Å². The van der Waals surface area contributed by atoms with E-state index in [1.165, 1.54) is 0 Å². The largest absolute Gasteiger partial charge is 0.448 e. The number of carbonyl (C=O) groups is 1. The number of hydrogen-bond acceptors (Lipinski definition) is 4. The highest BCUT2D eigenvalue weighted by molar-refractivity contribution is 7.80. The Morgan fingerprint density at radius 3 is 2.60 bits per heavy atom. The molecule has 0 unspecified atom stereocenters. The minimum atomic E-state index is -0.178. The van der Waals surface area contributed by atoms with E-state index in [0.29, 0.717) is 6.61 Å². The average molecular weight is 231 g/mol. The van der Waals surface area contributed by atoms with Crippen LogP contribution in [0.1, 0.15) is 12.8 Å². The molecular formula is C10H17NO3S. The van der Waals surface area contributed by atoms with Crippen molar-refractivity contribution in [3.05, 3.63) is 0 Å². The van der Waals surface area contributed by atoms with E-state index in [4.69, 9.17) is 9.47 Å². The lowest BCUT2D eigenvalue weighted by Gasteiger charge is -2.38. The second-order valence-electron chi connectivity index (χ2n) is 4.31. The normalized spacial score (nSPS) is 25.4. The zero-order valence-corrected chi connectivity index (χ0v) is 9.67. The summed E-state index contributed by atoms with van der Waals surface area (Å²) in [6.45, 7) is 3.57. The number of amides is 1. The van der Waals surface area contributed by atoms with Crippen LogP contribution in [0.15, 0.2) is 0 Å². The van der Waals surface area contributed by atoms with Crippen LogP contribution in [0.25, 0.3) is 0 Å². The van der Waals surface area contributed by atoms with Crippen LogP contribution in [-0.4, -0.2) is 49.7 Å². The van der Waals surface area contributed by atoms with E-state index in [2.05, 4.69) is 12.6 Å². The summed E-state index contributed by atoms with van der Waals surface area (Å²) in [4.78, 5) is 13.1. The summed E-state index contributed by atoms with van der Waals surface area (Å²) < 4.78 is 10.3. The topological polar surface area (TPSA) is 38.8 Å². The first kappa shape index (κ1) is 11.1. The first-order valence-corrected chi connectivity index (χ1v) is 5.99. The standard InChI is InChI=1S/C10H17NO3S/c12-9-11(3-6-14-9)7-10(8-15)1-4-13-5-2-10/h15H,1-8H2. The lowest BCUT2D eigenvalue weighted by atomic mass is 9.81. The minimum absolute atomic E-state index is 0.130. The SMILES string of the molecule is O=C1OCCN1CC1(CS)CCOCC1. The molecule has 0 N–H and O–H groups in total. The third kappa shape index (κ3) is 2.39. The van der Waals surface area contributed by atoms with Crippen LogP contribution in [0, 0.1) is 5.41 Å². The fourth-order valence-electron chi connectivity index (χ4n) is 2.14. The molecule has 0 aliphatic carbocycles. The van der Waals surface area contributed by atoms with Crippen molar-refractivity contribution in [2.75, 3.05) is 38.7 Å². The van der Waals surface area contributed by atoms with E-state index in [1.807, 2.05) is 0 Å². The predicted octanol–water partition coefficient (Wildman–Crippen LogP) is 1.17. The van der Waals surface area contributed by atoms with Gasteiger partial charge in [0.1, 0.15) is 6.61 Å². The molecule has 0 aromatic rings. The van der Waals surface area contributed by atoms with E-state index < -0.39 is 0 Å². The maximum absolute atomic E-state index is 11.4. The summed E-state index contributed by atoms with van der Waals surface area (Å²) >= 11 is 4.42. The Bertz CT molecular complexity index is 241. The highest BCUT2D eigenvalue weighted by atomic mass is 32.1. The van der Waals surface area contributed by atoms with Crippen molar-refractivity contribution < 1.29 is 14.3 Å². The van der Waals surface area contributed by atoms with Crippen molar-refractivity contribution in [2.45, 2.75) is 12.8 Å². The zero-order valence-electron chi connectivity index (χ0n) is 8.78. The molecule has 0 radical (unpaired) electrons. The first-order chi connectivity index (χ1) is 7.26. The van der Waals surface area contributed by atoms with Crippen molar-refractivity contribution in [3.8, 4) is 0 Å². The zero-order chi connectivity index (χ0) is 10.7. The lowest BCUT2D eigenvalue weighted by molar-refractivity contribution is 0.0145. The Labute approximate surface area is 95.3 Å². The Kier molecular flexibility index (Phi) is 3.41. The molecule has 2 heterocycles. The van der Waals surface area contributed by atoms with Crippen LogP contribution < -0.4 is 0 Å². The molecule has 0 bridgehead atoms. The predicted molar refractivity (Wildman–Crippen MR) is 59.3 cm³/mol. The molecule has 0 aromatic carbocycles. The highest BCUT2D eigenvalue weighted by Crippen LogP contribution is 2.33. The van der Waals surface area contributed by atoms with Crippen LogP contribution in [0.5, 0.6) is 0 Å². The molecule has 0 saturated carbocycles. The van der Waals surface area contributed by atoms with Gasteiger partial charge in [-0.3, -0.25) is 0 Å². The molecule has 15 heavy (non-hydrogen) atoms. The molecule has 2 fully saturated rings. The second-order valence-corrected chi connectivity index (χ2v) is 4.62. The molecule has 5 heteroatoms. The van der Waals surface area contributed by atoms with Gasteiger partial charge in [0, 0.05) is 25.2 Å². The summed E-state index contributed by atoms with van der Waals surface area (Å²) in [5.41, 5.74) is 0.130. The molecule has 1 amide bonds. The van der Waals surface area contributed by atoms with Crippen molar-refractivity contribution >= 4 is 18.7 Å². The van der Waals surface area contributed by atoms with Gasteiger partial charge in [0.05, 0.1) is 6.54 Å². The number of carbonyl (C=O) groups excluding carboxylic acids is 1. The first-order valence-electron chi connectivity index (χ1n) is 5.36. The number of cyclic esters (lactones) is 1. The van der Waals surface area contributed by atoms with Crippen LogP contribution in [0.4, 0.5) is 4.79 Å². The van der Waals surface area contributed by atoms with Crippen LogP contribution in [0.2, 0.25) is 0 Å². The Morgan fingerprint density at radius 1 is 1.33 bits per heavy atom. The third-order valence-corrected chi connectivity index (χ3v) is 3.93. The average Bonchev–Trinajstić information content (AvgIpc) is 2.66. The fraction of sp³-hybridized carbons (Fsp3) is 0.900. The van der Waals surface area contributed by atoms with Crippen LogP contribution in [-0.2, 0) is 9.47 Å². The molecule has 2 rings (SSSR count). The number of nitrogens with zero attached hydrogens (tertiary/aromatic N) is 1.